The Bertz CT molecular complexity index is 695. The van der Waals surface area contributed by atoms with Gasteiger partial charge in [0.1, 0.15) is 5.82 Å². The molecule has 4 heterocycles. The average Bonchev–Trinajstić information content (AvgIpc) is 3.03. The Morgan fingerprint density at radius 3 is 2.46 bits per heavy atom. The van der Waals surface area contributed by atoms with E-state index < -0.39 is 0 Å². The van der Waals surface area contributed by atoms with Crippen LogP contribution in [0.1, 0.15) is 42.6 Å². The van der Waals surface area contributed by atoms with Gasteiger partial charge < -0.3 is 10.0 Å². The van der Waals surface area contributed by atoms with Crippen LogP contribution in [0.3, 0.4) is 0 Å². The number of aromatic nitrogens is 3. The molecule has 5 nitrogen and oxygen atoms in total. The molecular weight excluding hydrogens is 300 g/mol. The summed E-state index contributed by atoms with van der Waals surface area (Å²) in [5, 5.41) is 14.0. The number of piperidine rings is 1. The molecule has 0 aliphatic carbocycles. The monoisotopic (exact) mass is 326 g/mol. The van der Waals surface area contributed by atoms with Gasteiger partial charge in [0.05, 0.1) is 12.2 Å². The van der Waals surface area contributed by atoms with Gasteiger partial charge in [0, 0.05) is 30.6 Å². The summed E-state index contributed by atoms with van der Waals surface area (Å²) < 4.78 is 2.03. The summed E-state index contributed by atoms with van der Waals surface area (Å²) in [4.78, 5) is 7.25. The number of hydrogen-bond donors (Lipinski definition) is 1. The van der Waals surface area contributed by atoms with Gasteiger partial charge in [0.25, 0.3) is 0 Å². The molecule has 1 unspecified atom stereocenters. The Labute approximate surface area is 143 Å². The maximum atomic E-state index is 9.47. The van der Waals surface area contributed by atoms with Gasteiger partial charge in [-0.05, 0) is 63.1 Å². The molecule has 0 aromatic carbocycles. The van der Waals surface area contributed by atoms with Crippen LogP contribution in [0.5, 0.6) is 0 Å². The van der Waals surface area contributed by atoms with E-state index in [2.05, 4.69) is 35.1 Å². The van der Waals surface area contributed by atoms with Crippen molar-refractivity contribution in [3.8, 4) is 0 Å². The summed E-state index contributed by atoms with van der Waals surface area (Å²) in [5.74, 6) is 1.57. The largest absolute Gasteiger partial charge is 0.396 e. The van der Waals surface area contributed by atoms with Crippen molar-refractivity contribution in [1.82, 2.24) is 14.8 Å². The van der Waals surface area contributed by atoms with Gasteiger partial charge in [-0.15, -0.1) is 0 Å². The molecule has 24 heavy (non-hydrogen) atoms. The Balaban J connectivity index is 1.49. The third-order valence-corrected chi connectivity index (χ3v) is 5.60. The zero-order valence-electron chi connectivity index (χ0n) is 14.5. The van der Waals surface area contributed by atoms with E-state index in [0.29, 0.717) is 24.6 Å². The Hall–Kier alpha value is -1.88. The van der Waals surface area contributed by atoms with Crippen molar-refractivity contribution in [3.05, 3.63) is 41.3 Å². The summed E-state index contributed by atoms with van der Waals surface area (Å²) in [6, 6.07) is 7.54. The van der Waals surface area contributed by atoms with Crippen molar-refractivity contribution in [1.29, 1.82) is 0 Å². The van der Waals surface area contributed by atoms with Gasteiger partial charge in [0.2, 0.25) is 0 Å². The maximum absolute atomic E-state index is 9.47. The van der Waals surface area contributed by atoms with E-state index in [1.807, 2.05) is 17.8 Å². The average molecular weight is 326 g/mol. The third-order valence-electron chi connectivity index (χ3n) is 5.60. The molecule has 3 atom stereocenters. The fraction of sp³-hybridized carbons (Fsp3) is 0.579. The molecule has 2 aromatic rings. The molecule has 4 rings (SSSR count). The fourth-order valence-electron chi connectivity index (χ4n) is 4.48. The number of aryl methyl sites for hydroxylation is 2. The minimum atomic E-state index is 0.329. The van der Waals surface area contributed by atoms with E-state index in [9.17, 15) is 5.11 Å². The molecule has 2 saturated heterocycles. The van der Waals surface area contributed by atoms with Crippen LogP contribution in [-0.2, 0) is 6.54 Å². The molecule has 5 heteroatoms. The molecule has 0 amide bonds. The highest BCUT2D eigenvalue weighted by atomic mass is 16.3. The molecule has 0 saturated carbocycles. The standard InChI is InChI=1S/C19H26N4O/c1-13-7-14(2)22(21-13)11-15-3-6-19(20-10-15)23-17-4-5-18(23)9-16(8-17)12-24/h3,6-7,10,16-18,24H,4-5,8-9,11-12H2,1-2H3/t16?,17-,18+. The topological polar surface area (TPSA) is 54.2 Å². The minimum Gasteiger partial charge on any atom is -0.396 e. The summed E-state index contributed by atoms with van der Waals surface area (Å²) in [5.41, 5.74) is 3.42. The molecule has 0 radical (unpaired) electrons. The number of nitrogens with zero attached hydrogens (tertiary/aromatic N) is 4. The smallest absolute Gasteiger partial charge is 0.128 e. The van der Waals surface area contributed by atoms with Crippen LogP contribution >= 0.6 is 0 Å². The van der Waals surface area contributed by atoms with E-state index in [4.69, 9.17) is 4.98 Å². The van der Waals surface area contributed by atoms with Crippen molar-refractivity contribution in [3.63, 3.8) is 0 Å². The number of fused-ring (bicyclic) bond motifs is 2. The second-order valence-corrected chi connectivity index (χ2v) is 7.42. The molecule has 2 bridgehead atoms. The van der Waals surface area contributed by atoms with E-state index >= 15 is 0 Å². The lowest BCUT2D eigenvalue weighted by Gasteiger charge is -2.39. The quantitative estimate of drug-likeness (QED) is 0.938. The predicted molar refractivity (Wildman–Crippen MR) is 94.1 cm³/mol. The molecular formula is C19H26N4O. The third kappa shape index (κ3) is 2.81. The zero-order chi connectivity index (χ0) is 16.7. The summed E-state index contributed by atoms with van der Waals surface area (Å²) in [6.45, 7) is 5.21. The Kier molecular flexibility index (Phi) is 4.04. The molecule has 0 spiro atoms. The minimum absolute atomic E-state index is 0.329. The zero-order valence-corrected chi connectivity index (χ0v) is 14.5. The normalized spacial score (nSPS) is 26.1. The van der Waals surface area contributed by atoms with Gasteiger partial charge in [-0.1, -0.05) is 6.07 Å². The second-order valence-electron chi connectivity index (χ2n) is 7.42. The number of rotatable bonds is 4. The van der Waals surface area contributed by atoms with E-state index in [1.165, 1.54) is 24.1 Å². The number of hydrogen-bond acceptors (Lipinski definition) is 4. The van der Waals surface area contributed by atoms with Crippen LogP contribution in [0.4, 0.5) is 5.82 Å². The van der Waals surface area contributed by atoms with E-state index in [0.717, 1.165) is 30.9 Å². The first kappa shape index (κ1) is 15.6. The van der Waals surface area contributed by atoms with Crippen molar-refractivity contribution in [2.24, 2.45) is 5.92 Å². The molecule has 2 aliphatic heterocycles. The molecule has 2 aliphatic rings. The van der Waals surface area contributed by atoms with Gasteiger partial charge in [-0.25, -0.2) is 4.98 Å². The maximum Gasteiger partial charge on any atom is 0.128 e. The van der Waals surface area contributed by atoms with Gasteiger partial charge in [-0.2, -0.15) is 5.10 Å². The fourth-order valence-corrected chi connectivity index (χ4v) is 4.48. The van der Waals surface area contributed by atoms with Crippen LogP contribution in [0.25, 0.3) is 0 Å². The van der Waals surface area contributed by atoms with Crippen molar-refractivity contribution in [2.75, 3.05) is 11.5 Å². The summed E-state index contributed by atoms with van der Waals surface area (Å²) >= 11 is 0. The molecule has 1 N–H and O–H groups in total. The van der Waals surface area contributed by atoms with Crippen LogP contribution in [0, 0.1) is 19.8 Å². The highest BCUT2D eigenvalue weighted by Gasteiger charge is 2.40. The lowest BCUT2D eigenvalue weighted by Crippen LogP contribution is -2.44. The summed E-state index contributed by atoms with van der Waals surface area (Å²) in [7, 11) is 0. The first-order valence-corrected chi connectivity index (χ1v) is 8.99. The van der Waals surface area contributed by atoms with Crippen molar-refractivity contribution in [2.45, 2.75) is 58.2 Å². The first-order chi connectivity index (χ1) is 11.6. The highest BCUT2D eigenvalue weighted by Crippen LogP contribution is 2.40. The number of anilines is 1. The summed E-state index contributed by atoms with van der Waals surface area (Å²) in [6.07, 6.45) is 6.65. The SMILES string of the molecule is Cc1cc(C)n(Cc2ccc(N3[C@@H]4CC[C@H]3CC(CO)C4)nc2)n1. The van der Waals surface area contributed by atoms with Crippen LogP contribution in [0.2, 0.25) is 0 Å². The van der Waals surface area contributed by atoms with Gasteiger partial charge >= 0.3 is 0 Å². The van der Waals surface area contributed by atoms with Crippen LogP contribution in [-0.4, -0.2) is 38.6 Å². The van der Waals surface area contributed by atoms with Crippen molar-refractivity contribution >= 4 is 5.82 Å². The lowest BCUT2D eigenvalue weighted by atomic mass is 9.91. The number of pyridine rings is 1. The van der Waals surface area contributed by atoms with E-state index in [1.54, 1.807) is 0 Å². The number of aliphatic hydroxyl groups excluding tert-OH is 1. The van der Waals surface area contributed by atoms with E-state index in [-0.39, 0.29) is 0 Å². The van der Waals surface area contributed by atoms with Crippen LogP contribution in [0.15, 0.2) is 24.4 Å². The van der Waals surface area contributed by atoms with Crippen LogP contribution < -0.4 is 4.90 Å². The molecule has 128 valence electrons. The molecule has 2 aromatic heterocycles. The molecule has 2 fully saturated rings. The van der Waals surface area contributed by atoms with Gasteiger partial charge in [-0.3, -0.25) is 4.68 Å². The predicted octanol–water partition coefficient (Wildman–Crippen LogP) is 2.68. The Morgan fingerprint density at radius 1 is 1.17 bits per heavy atom. The lowest BCUT2D eigenvalue weighted by molar-refractivity contribution is 0.185. The first-order valence-electron chi connectivity index (χ1n) is 8.99. The number of aliphatic hydroxyl groups is 1. The second kappa shape index (κ2) is 6.20. The van der Waals surface area contributed by atoms with Crippen molar-refractivity contribution < 1.29 is 5.11 Å². The van der Waals surface area contributed by atoms with Gasteiger partial charge in [0.15, 0.2) is 0 Å². The Morgan fingerprint density at radius 2 is 1.92 bits per heavy atom. The highest BCUT2D eigenvalue weighted by molar-refractivity contribution is 5.44.